The van der Waals surface area contributed by atoms with Crippen LogP contribution in [0.15, 0.2) is 29.3 Å². The Labute approximate surface area is 166 Å². The van der Waals surface area contributed by atoms with E-state index in [0.29, 0.717) is 24.7 Å². The lowest BCUT2D eigenvalue weighted by atomic mass is 10.2. The Kier molecular flexibility index (Phi) is 8.84. The third-order valence-corrected chi connectivity index (χ3v) is 4.82. The number of ether oxygens (including phenoxy) is 1. The summed E-state index contributed by atoms with van der Waals surface area (Å²) >= 11 is 5.92. The van der Waals surface area contributed by atoms with E-state index >= 15 is 0 Å². The summed E-state index contributed by atoms with van der Waals surface area (Å²) in [7, 11) is 5.52. The molecule has 1 fully saturated rings. The van der Waals surface area contributed by atoms with Crippen molar-refractivity contribution in [3.05, 3.63) is 34.9 Å². The van der Waals surface area contributed by atoms with Gasteiger partial charge in [-0.1, -0.05) is 23.7 Å². The Morgan fingerprint density at radius 1 is 1.30 bits per heavy atom. The van der Waals surface area contributed by atoms with Crippen molar-refractivity contribution in [2.75, 3.05) is 67.1 Å². The van der Waals surface area contributed by atoms with Gasteiger partial charge in [-0.05, 0) is 24.7 Å². The Bertz CT molecular complexity index is 623. The van der Waals surface area contributed by atoms with E-state index in [1.807, 2.05) is 34.1 Å². The normalized spacial score (nSPS) is 15.6. The van der Waals surface area contributed by atoms with E-state index in [-0.39, 0.29) is 5.91 Å². The number of methoxy groups -OCH3 is 1. The SMILES string of the molecule is CN=C(NCCN(C)CCOC)N1CCN(Cc2ccc(Cl)cc2)C(=O)C1. The van der Waals surface area contributed by atoms with Crippen LogP contribution in [0.1, 0.15) is 5.56 Å². The van der Waals surface area contributed by atoms with Gasteiger partial charge in [-0.15, -0.1) is 0 Å². The number of carbonyl (C=O) groups excluding carboxylic acids is 1. The predicted octanol–water partition coefficient (Wildman–Crippen LogP) is 1.14. The molecule has 2 rings (SSSR count). The second kappa shape index (κ2) is 11.1. The zero-order valence-electron chi connectivity index (χ0n) is 16.4. The molecule has 0 unspecified atom stereocenters. The molecule has 1 aromatic carbocycles. The first-order valence-corrected chi connectivity index (χ1v) is 9.56. The van der Waals surface area contributed by atoms with E-state index in [1.54, 1.807) is 14.2 Å². The molecular weight excluding hydrogens is 366 g/mol. The average Bonchev–Trinajstić information content (AvgIpc) is 2.67. The smallest absolute Gasteiger partial charge is 0.242 e. The quantitative estimate of drug-likeness (QED) is 0.528. The van der Waals surface area contributed by atoms with E-state index < -0.39 is 0 Å². The van der Waals surface area contributed by atoms with Crippen molar-refractivity contribution in [3.8, 4) is 0 Å². The van der Waals surface area contributed by atoms with E-state index in [9.17, 15) is 4.79 Å². The maximum absolute atomic E-state index is 12.5. The van der Waals surface area contributed by atoms with Gasteiger partial charge in [0.15, 0.2) is 5.96 Å². The zero-order chi connectivity index (χ0) is 19.6. The molecule has 1 aromatic rings. The Hall–Kier alpha value is -1.83. The molecule has 1 amide bonds. The third-order valence-electron chi connectivity index (χ3n) is 4.57. The molecular formula is C19H30ClN5O2. The number of hydrogen-bond acceptors (Lipinski definition) is 4. The van der Waals surface area contributed by atoms with E-state index in [4.69, 9.17) is 16.3 Å². The molecule has 0 atom stereocenters. The van der Waals surface area contributed by atoms with Gasteiger partial charge in [0.2, 0.25) is 5.91 Å². The number of rotatable bonds is 8. The van der Waals surface area contributed by atoms with Gasteiger partial charge >= 0.3 is 0 Å². The second-order valence-corrected chi connectivity index (χ2v) is 7.07. The third kappa shape index (κ3) is 7.01. The number of hydrogen-bond donors (Lipinski definition) is 1. The first kappa shape index (κ1) is 21.5. The molecule has 1 aliphatic rings. The summed E-state index contributed by atoms with van der Waals surface area (Å²) in [6, 6.07) is 7.63. The van der Waals surface area contributed by atoms with Crippen LogP contribution in [-0.2, 0) is 16.1 Å². The Balaban J connectivity index is 1.79. The van der Waals surface area contributed by atoms with E-state index in [1.165, 1.54) is 0 Å². The Morgan fingerprint density at radius 2 is 2.04 bits per heavy atom. The molecule has 150 valence electrons. The topological polar surface area (TPSA) is 60.4 Å². The highest BCUT2D eigenvalue weighted by molar-refractivity contribution is 6.30. The highest BCUT2D eigenvalue weighted by Crippen LogP contribution is 2.13. The van der Waals surface area contributed by atoms with Gasteiger partial charge in [0, 0.05) is 58.4 Å². The number of piperazine rings is 1. The summed E-state index contributed by atoms with van der Waals surface area (Å²) in [6.07, 6.45) is 0. The van der Waals surface area contributed by atoms with Crippen LogP contribution in [0.3, 0.4) is 0 Å². The van der Waals surface area contributed by atoms with Crippen LogP contribution >= 0.6 is 11.6 Å². The molecule has 8 heteroatoms. The lowest BCUT2D eigenvalue weighted by molar-refractivity contribution is -0.135. The minimum Gasteiger partial charge on any atom is -0.383 e. The van der Waals surface area contributed by atoms with Crippen molar-refractivity contribution in [2.24, 2.45) is 4.99 Å². The molecule has 0 radical (unpaired) electrons. The molecule has 0 aliphatic carbocycles. The molecule has 7 nitrogen and oxygen atoms in total. The predicted molar refractivity (Wildman–Crippen MR) is 109 cm³/mol. The summed E-state index contributed by atoms with van der Waals surface area (Å²) in [6.45, 7) is 5.65. The lowest BCUT2D eigenvalue weighted by Crippen LogP contribution is -2.55. The summed E-state index contributed by atoms with van der Waals surface area (Å²) in [5.41, 5.74) is 1.09. The maximum atomic E-state index is 12.5. The Morgan fingerprint density at radius 3 is 2.67 bits per heavy atom. The van der Waals surface area contributed by atoms with Crippen LogP contribution in [0.4, 0.5) is 0 Å². The van der Waals surface area contributed by atoms with Gasteiger partial charge in [0.05, 0.1) is 13.2 Å². The van der Waals surface area contributed by atoms with Crippen LogP contribution < -0.4 is 5.32 Å². The van der Waals surface area contributed by atoms with Crippen LogP contribution in [0, 0.1) is 0 Å². The molecule has 1 aliphatic heterocycles. The van der Waals surface area contributed by atoms with Gasteiger partial charge in [-0.3, -0.25) is 9.79 Å². The van der Waals surface area contributed by atoms with Gasteiger partial charge in [-0.2, -0.15) is 0 Å². The van der Waals surface area contributed by atoms with Crippen LogP contribution in [0.25, 0.3) is 0 Å². The summed E-state index contributed by atoms with van der Waals surface area (Å²) in [5, 5.41) is 4.05. The van der Waals surface area contributed by atoms with Crippen molar-refractivity contribution >= 4 is 23.5 Å². The lowest BCUT2D eigenvalue weighted by Gasteiger charge is -2.36. The van der Waals surface area contributed by atoms with E-state index in [0.717, 1.165) is 44.3 Å². The fraction of sp³-hybridized carbons (Fsp3) is 0.579. The van der Waals surface area contributed by atoms with E-state index in [2.05, 4.69) is 22.3 Å². The zero-order valence-corrected chi connectivity index (χ0v) is 17.2. The van der Waals surface area contributed by atoms with Gasteiger partial charge < -0.3 is 24.8 Å². The van der Waals surface area contributed by atoms with Crippen molar-refractivity contribution in [1.29, 1.82) is 0 Å². The van der Waals surface area contributed by atoms with Crippen molar-refractivity contribution in [1.82, 2.24) is 20.0 Å². The fourth-order valence-corrected chi connectivity index (χ4v) is 3.04. The number of guanidine groups is 1. The largest absolute Gasteiger partial charge is 0.383 e. The number of benzene rings is 1. The molecule has 1 heterocycles. The highest BCUT2D eigenvalue weighted by atomic mass is 35.5. The van der Waals surface area contributed by atoms with Gasteiger partial charge in [-0.25, -0.2) is 0 Å². The van der Waals surface area contributed by atoms with Crippen LogP contribution in [0.2, 0.25) is 5.02 Å². The standard InChI is InChI=1S/C19H30ClN5O2/c1-21-19(22-8-9-23(2)12-13-27-3)25-11-10-24(18(26)15-25)14-16-4-6-17(20)7-5-16/h4-7H,8-15H2,1-3H3,(H,21,22). The monoisotopic (exact) mass is 395 g/mol. The second-order valence-electron chi connectivity index (χ2n) is 6.63. The molecule has 0 aromatic heterocycles. The highest BCUT2D eigenvalue weighted by Gasteiger charge is 2.25. The molecule has 0 bridgehead atoms. The van der Waals surface area contributed by atoms with Gasteiger partial charge in [0.1, 0.15) is 0 Å². The number of nitrogens with one attached hydrogen (secondary N) is 1. The summed E-state index contributed by atoms with van der Waals surface area (Å²) < 4.78 is 5.08. The molecule has 27 heavy (non-hydrogen) atoms. The van der Waals surface area contributed by atoms with Gasteiger partial charge in [0.25, 0.3) is 0 Å². The fourth-order valence-electron chi connectivity index (χ4n) is 2.92. The number of amides is 1. The summed E-state index contributed by atoms with van der Waals surface area (Å²) in [5.74, 6) is 0.881. The first-order chi connectivity index (χ1) is 13.0. The summed E-state index contributed by atoms with van der Waals surface area (Å²) in [4.78, 5) is 23.0. The number of likely N-dealkylation sites (N-methyl/N-ethyl adjacent to an activating group) is 1. The average molecular weight is 396 g/mol. The molecule has 1 N–H and O–H groups in total. The number of carbonyl (C=O) groups is 1. The maximum Gasteiger partial charge on any atom is 0.242 e. The number of halogens is 1. The minimum absolute atomic E-state index is 0.108. The molecule has 0 spiro atoms. The van der Waals surface area contributed by atoms with Crippen LogP contribution in [0.5, 0.6) is 0 Å². The first-order valence-electron chi connectivity index (χ1n) is 9.18. The van der Waals surface area contributed by atoms with Crippen LogP contribution in [-0.4, -0.2) is 93.6 Å². The van der Waals surface area contributed by atoms with Crippen molar-refractivity contribution < 1.29 is 9.53 Å². The van der Waals surface area contributed by atoms with Crippen molar-refractivity contribution in [2.45, 2.75) is 6.54 Å². The molecule has 0 saturated carbocycles. The minimum atomic E-state index is 0.108. The number of nitrogens with zero attached hydrogens (tertiary/aromatic N) is 4. The molecule has 1 saturated heterocycles. The number of aliphatic imine (C=N–C) groups is 1. The van der Waals surface area contributed by atoms with Crippen molar-refractivity contribution in [3.63, 3.8) is 0 Å².